The van der Waals surface area contributed by atoms with Crippen LogP contribution in [0, 0.1) is 0 Å². The van der Waals surface area contributed by atoms with E-state index in [4.69, 9.17) is 9.47 Å². The summed E-state index contributed by atoms with van der Waals surface area (Å²) in [6, 6.07) is 0. The van der Waals surface area contributed by atoms with Gasteiger partial charge in [0.15, 0.2) is 11.4 Å². The third kappa shape index (κ3) is 5.38. The molecular weight excluding hydrogens is 266 g/mol. The smallest absolute Gasteiger partial charge is 0.343 e. The maximum atomic E-state index is 11.5. The third-order valence-corrected chi connectivity index (χ3v) is 3.47. The maximum Gasteiger partial charge on any atom is 0.343 e. The molecule has 0 aliphatic rings. The number of H-pyrrole nitrogens is 1. The molecule has 0 spiro atoms. The molecule has 0 unspecified atom stereocenters. The predicted molar refractivity (Wildman–Crippen MR) is 75.5 cm³/mol. The third-order valence-electron chi connectivity index (χ3n) is 2.46. The average molecular weight is 289 g/mol. The van der Waals surface area contributed by atoms with Crippen molar-refractivity contribution in [2.75, 3.05) is 19.0 Å². The summed E-state index contributed by atoms with van der Waals surface area (Å²) >= 11 is 1.55. The van der Waals surface area contributed by atoms with E-state index in [0.717, 1.165) is 23.8 Å². The summed E-state index contributed by atoms with van der Waals surface area (Å²) < 4.78 is 12.6. The first kappa shape index (κ1) is 16.3. The summed E-state index contributed by atoms with van der Waals surface area (Å²) in [4.78, 5) is 11.5. The molecule has 1 heterocycles. The Labute approximate surface area is 117 Å². The number of hydrogen-bond donors (Lipinski definition) is 1. The first-order chi connectivity index (χ1) is 9.22. The van der Waals surface area contributed by atoms with Gasteiger partial charge in [-0.15, -0.1) is 5.10 Å². The van der Waals surface area contributed by atoms with Crippen molar-refractivity contribution in [1.82, 2.24) is 14.8 Å². The van der Waals surface area contributed by atoms with E-state index in [1.807, 2.05) is 20.8 Å². The maximum absolute atomic E-state index is 11.5. The minimum atomic E-state index is -0.173. The molecule has 110 valence electrons. The van der Waals surface area contributed by atoms with Crippen LogP contribution in [0.3, 0.4) is 0 Å². The first-order valence-electron chi connectivity index (χ1n) is 6.74. The van der Waals surface area contributed by atoms with Crippen molar-refractivity contribution in [3.63, 3.8) is 0 Å². The summed E-state index contributed by atoms with van der Waals surface area (Å²) in [6.07, 6.45) is 1.51. The van der Waals surface area contributed by atoms with E-state index in [9.17, 15) is 4.79 Å². The molecule has 1 aromatic rings. The van der Waals surface area contributed by atoms with Crippen LogP contribution < -0.4 is 5.69 Å². The standard InChI is InChI=1S/C12H23N3O3S/c1-4-8-15-11(16)13-14-12(15)19-9-7-10(17-5-2)18-6-3/h10H,4-9H2,1-3H3,(H,13,16). The molecule has 19 heavy (non-hydrogen) atoms. The Hall–Kier alpha value is -0.790. The number of thioether (sulfide) groups is 1. The van der Waals surface area contributed by atoms with Gasteiger partial charge in [0.25, 0.3) is 0 Å². The van der Waals surface area contributed by atoms with Crippen LogP contribution >= 0.6 is 11.8 Å². The molecule has 7 heteroatoms. The molecule has 0 aromatic carbocycles. The van der Waals surface area contributed by atoms with E-state index in [2.05, 4.69) is 10.2 Å². The SMILES string of the molecule is CCCn1c(SCCC(OCC)OCC)n[nH]c1=O. The van der Waals surface area contributed by atoms with Crippen LogP contribution in [-0.4, -0.2) is 40.0 Å². The Bertz CT molecular complexity index is 399. The lowest BCUT2D eigenvalue weighted by atomic mass is 10.5. The van der Waals surface area contributed by atoms with Gasteiger partial charge in [0.1, 0.15) is 0 Å². The summed E-state index contributed by atoms with van der Waals surface area (Å²) in [5.74, 6) is 0.804. The second-order valence-corrected chi connectivity index (χ2v) is 5.00. The molecule has 0 bridgehead atoms. The van der Waals surface area contributed by atoms with Crippen LogP contribution in [0.25, 0.3) is 0 Å². The number of aromatic nitrogens is 3. The quantitative estimate of drug-likeness (QED) is 0.526. The monoisotopic (exact) mass is 289 g/mol. The fraction of sp³-hybridized carbons (Fsp3) is 0.833. The number of nitrogens with one attached hydrogen (secondary N) is 1. The highest BCUT2D eigenvalue weighted by atomic mass is 32.2. The van der Waals surface area contributed by atoms with Gasteiger partial charge >= 0.3 is 5.69 Å². The predicted octanol–water partition coefficient (Wildman–Crippen LogP) is 1.86. The zero-order chi connectivity index (χ0) is 14.1. The van der Waals surface area contributed by atoms with E-state index >= 15 is 0 Å². The molecule has 1 aromatic heterocycles. The van der Waals surface area contributed by atoms with Crippen molar-refractivity contribution in [3.8, 4) is 0 Å². The van der Waals surface area contributed by atoms with E-state index in [0.29, 0.717) is 19.8 Å². The Morgan fingerprint density at radius 3 is 2.58 bits per heavy atom. The summed E-state index contributed by atoms with van der Waals surface area (Å²) in [5, 5.41) is 7.25. The summed E-state index contributed by atoms with van der Waals surface area (Å²) in [5.41, 5.74) is -0.143. The minimum Gasteiger partial charge on any atom is -0.353 e. The van der Waals surface area contributed by atoms with Gasteiger partial charge in [-0.2, -0.15) is 0 Å². The average Bonchev–Trinajstić information content (AvgIpc) is 2.73. The first-order valence-corrected chi connectivity index (χ1v) is 7.72. The zero-order valence-corrected chi connectivity index (χ0v) is 12.7. The topological polar surface area (TPSA) is 69.1 Å². The van der Waals surface area contributed by atoms with Crippen molar-refractivity contribution in [2.24, 2.45) is 0 Å². The second-order valence-electron chi connectivity index (χ2n) is 3.94. The lowest BCUT2D eigenvalue weighted by Crippen LogP contribution is -2.19. The molecular formula is C12H23N3O3S. The molecule has 0 saturated heterocycles. The molecule has 1 N–H and O–H groups in total. The van der Waals surface area contributed by atoms with Crippen molar-refractivity contribution in [1.29, 1.82) is 0 Å². The summed E-state index contributed by atoms with van der Waals surface area (Å²) in [7, 11) is 0. The minimum absolute atomic E-state index is 0.143. The molecule has 0 radical (unpaired) electrons. The highest BCUT2D eigenvalue weighted by molar-refractivity contribution is 7.99. The molecule has 0 aliphatic carbocycles. The molecule has 0 atom stereocenters. The van der Waals surface area contributed by atoms with Crippen molar-refractivity contribution >= 4 is 11.8 Å². The Kier molecular flexibility index (Phi) is 7.85. The van der Waals surface area contributed by atoms with Gasteiger partial charge in [-0.25, -0.2) is 9.89 Å². The lowest BCUT2D eigenvalue weighted by Gasteiger charge is -2.16. The lowest BCUT2D eigenvalue weighted by molar-refractivity contribution is -0.136. The molecule has 0 fully saturated rings. The van der Waals surface area contributed by atoms with Crippen LogP contribution in [0.2, 0.25) is 0 Å². The number of hydrogen-bond acceptors (Lipinski definition) is 5. The van der Waals surface area contributed by atoms with Gasteiger partial charge in [-0.3, -0.25) is 4.57 Å². The molecule has 0 saturated carbocycles. The van der Waals surface area contributed by atoms with E-state index in [1.165, 1.54) is 0 Å². The van der Waals surface area contributed by atoms with E-state index < -0.39 is 0 Å². The largest absolute Gasteiger partial charge is 0.353 e. The van der Waals surface area contributed by atoms with Gasteiger partial charge in [0.2, 0.25) is 0 Å². The van der Waals surface area contributed by atoms with Gasteiger partial charge in [-0.05, 0) is 20.3 Å². The van der Waals surface area contributed by atoms with Crippen LogP contribution in [-0.2, 0) is 16.0 Å². The Balaban J connectivity index is 2.45. The number of ether oxygens (including phenoxy) is 2. The second kappa shape index (κ2) is 9.17. The van der Waals surface area contributed by atoms with Crippen molar-refractivity contribution in [2.45, 2.75) is 51.6 Å². The van der Waals surface area contributed by atoms with E-state index in [1.54, 1.807) is 16.3 Å². The van der Waals surface area contributed by atoms with Gasteiger partial charge in [0, 0.05) is 31.9 Å². The van der Waals surface area contributed by atoms with Gasteiger partial charge in [0.05, 0.1) is 0 Å². The van der Waals surface area contributed by atoms with Gasteiger partial charge in [-0.1, -0.05) is 18.7 Å². The Morgan fingerprint density at radius 2 is 2.00 bits per heavy atom. The highest BCUT2D eigenvalue weighted by Gasteiger charge is 2.11. The summed E-state index contributed by atoms with van der Waals surface area (Å²) in [6.45, 7) is 7.90. The van der Waals surface area contributed by atoms with Crippen LogP contribution in [0.4, 0.5) is 0 Å². The van der Waals surface area contributed by atoms with Crippen LogP contribution in [0.1, 0.15) is 33.6 Å². The fourth-order valence-electron chi connectivity index (χ4n) is 1.67. The van der Waals surface area contributed by atoms with E-state index in [-0.39, 0.29) is 12.0 Å². The Morgan fingerprint density at radius 1 is 1.32 bits per heavy atom. The van der Waals surface area contributed by atoms with Crippen LogP contribution in [0.5, 0.6) is 0 Å². The molecule has 1 rings (SSSR count). The molecule has 6 nitrogen and oxygen atoms in total. The number of rotatable bonds is 10. The molecule has 0 amide bonds. The van der Waals surface area contributed by atoms with Gasteiger partial charge < -0.3 is 9.47 Å². The normalized spacial score (nSPS) is 11.4. The van der Waals surface area contributed by atoms with Crippen LogP contribution in [0.15, 0.2) is 9.95 Å². The highest BCUT2D eigenvalue weighted by Crippen LogP contribution is 2.16. The van der Waals surface area contributed by atoms with Crippen molar-refractivity contribution in [3.05, 3.63) is 10.5 Å². The number of aromatic amines is 1. The number of nitrogens with zero attached hydrogens (tertiary/aromatic N) is 2. The molecule has 0 aliphatic heterocycles. The zero-order valence-electron chi connectivity index (χ0n) is 11.8. The van der Waals surface area contributed by atoms with Crippen molar-refractivity contribution < 1.29 is 9.47 Å². The fourth-order valence-corrected chi connectivity index (χ4v) is 2.60.